The van der Waals surface area contributed by atoms with Crippen molar-refractivity contribution in [3.8, 4) is 5.75 Å². The van der Waals surface area contributed by atoms with Crippen LogP contribution >= 0.6 is 15.9 Å². The number of benzene rings is 1. The average molecular weight is 233 g/mol. The van der Waals surface area contributed by atoms with Gasteiger partial charge in [0.05, 0.1) is 6.61 Å². The highest BCUT2D eigenvalue weighted by atomic mass is 79.9. The van der Waals surface area contributed by atoms with Crippen molar-refractivity contribution in [2.24, 2.45) is 0 Å². The van der Waals surface area contributed by atoms with Crippen LogP contribution in [0.1, 0.15) is 12.5 Å². The fourth-order valence-electron chi connectivity index (χ4n) is 0.910. The van der Waals surface area contributed by atoms with E-state index in [4.69, 9.17) is 4.74 Å². The lowest BCUT2D eigenvalue weighted by molar-refractivity contribution is 0.339. The van der Waals surface area contributed by atoms with E-state index in [1.165, 1.54) is 6.07 Å². The van der Waals surface area contributed by atoms with Crippen LogP contribution < -0.4 is 4.74 Å². The fraction of sp³-hybridized carbons (Fsp3) is 0.333. The summed E-state index contributed by atoms with van der Waals surface area (Å²) < 4.78 is 18.1. The molecule has 0 aliphatic rings. The molecule has 0 radical (unpaired) electrons. The summed E-state index contributed by atoms with van der Waals surface area (Å²) in [6.45, 7) is 2.50. The molecule has 0 heterocycles. The zero-order chi connectivity index (χ0) is 8.97. The average Bonchev–Trinajstić information content (AvgIpc) is 2.09. The molecule has 0 fully saturated rings. The van der Waals surface area contributed by atoms with Crippen LogP contribution in [-0.4, -0.2) is 6.61 Å². The van der Waals surface area contributed by atoms with Gasteiger partial charge in [0.25, 0.3) is 0 Å². The predicted octanol–water partition coefficient (Wildman–Crippen LogP) is 3.12. The minimum Gasteiger partial charge on any atom is -0.494 e. The Morgan fingerprint density at radius 2 is 2.25 bits per heavy atom. The number of alkyl halides is 1. The molecule has 0 aliphatic heterocycles. The third-order valence-corrected chi connectivity index (χ3v) is 2.08. The molecule has 12 heavy (non-hydrogen) atoms. The van der Waals surface area contributed by atoms with Crippen molar-refractivity contribution >= 4 is 15.9 Å². The number of hydrogen-bond donors (Lipinski definition) is 0. The summed E-state index contributed by atoms with van der Waals surface area (Å²) in [7, 11) is 0. The van der Waals surface area contributed by atoms with Crippen molar-refractivity contribution in [1.29, 1.82) is 0 Å². The summed E-state index contributed by atoms with van der Waals surface area (Å²) in [5.41, 5.74) is 0.626. The van der Waals surface area contributed by atoms with Crippen LogP contribution in [0.15, 0.2) is 18.2 Å². The van der Waals surface area contributed by atoms with E-state index in [-0.39, 0.29) is 5.82 Å². The van der Waals surface area contributed by atoms with Gasteiger partial charge < -0.3 is 4.74 Å². The lowest BCUT2D eigenvalue weighted by Crippen LogP contribution is -1.93. The Bertz CT molecular complexity index is 263. The molecule has 0 bridgehead atoms. The van der Waals surface area contributed by atoms with E-state index in [1.807, 2.05) is 6.92 Å². The lowest BCUT2D eigenvalue weighted by Gasteiger charge is -2.04. The zero-order valence-corrected chi connectivity index (χ0v) is 8.40. The fourth-order valence-corrected chi connectivity index (χ4v) is 1.34. The molecule has 1 nitrogen and oxygen atoms in total. The topological polar surface area (TPSA) is 9.23 Å². The standard InChI is InChI=1S/C9H10BrFO/c1-2-12-8-3-4-9(11)7(5-8)6-10/h3-5H,2,6H2,1H3. The van der Waals surface area contributed by atoms with Gasteiger partial charge in [-0.2, -0.15) is 0 Å². The molecule has 1 rings (SSSR count). The normalized spacial score (nSPS) is 9.92. The lowest BCUT2D eigenvalue weighted by atomic mass is 10.2. The van der Waals surface area contributed by atoms with Crippen molar-refractivity contribution < 1.29 is 9.13 Å². The van der Waals surface area contributed by atoms with Gasteiger partial charge in [-0.05, 0) is 25.1 Å². The first-order chi connectivity index (χ1) is 5.77. The van der Waals surface area contributed by atoms with Gasteiger partial charge in [-0.1, -0.05) is 15.9 Å². The molecule has 3 heteroatoms. The van der Waals surface area contributed by atoms with E-state index in [2.05, 4.69) is 15.9 Å². The Labute approximate surface area is 79.7 Å². The first kappa shape index (κ1) is 9.52. The second-order valence-electron chi connectivity index (χ2n) is 2.32. The van der Waals surface area contributed by atoms with Crippen LogP contribution in [0.2, 0.25) is 0 Å². The summed E-state index contributed by atoms with van der Waals surface area (Å²) >= 11 is 3.20. The largest absolute Gasteiger partial charge is 0.494 e. The SMILES string of the molecule is CCOc1ccc(F)c(CBr)c1. The van der Waals surface area contributed by atoms with Gasteiger partial charge >= 0.3 is 0 Å². The summed E-state index contributed by atoms with van der Waals surface area (Å²) in [6.07, 6.45) is 0. The van der Waals surface area contributed by atoms with Crippen LogP contribution in [0.25, 0.3) is 0 Å². The highest BCUT2D eigenvalue weighted by molar-refractivity contribution is 9.08. The molecule has 0 unspecified atom stereocenters. The molecule has 1 aromatic rings. The van der Waals surface area contributed by atoms with Crippen LogP contribution in [0.4, 0.5) is 4.39 Å². The quantitative estimate of drug-likeness (QED) is 0.729. The molecule has 0 aromatic heterocycles. The Morgan fingerprint density at radius 1 is 1.50 bits per heavy atom. The van der Waals surface area contributed by atoms with Crippen molar-refractivity contribution in [2.75, 3.05) is 6.61 Å². The van der Waals surface area contributed by atoms with Gasteiger partial charge in [-0.25, -0.2) is 4.39 Å². The molecule has 0 saturated carbocycles. The highest BCUT2D eigenvalue weighted by Gasteiger charge is 2.01. The maximum absolute atomic E-state index is 12.9. The molecule has 1 aromatic carbocycles. The summed E-state index contributed by atoms with van der Waals surface area (Å²) in [5.74, 6) is 0.517. The van der Waals surface area contributed by atoms with Crippen LogP contribution in [-0.2, 0) is 5.33 Å². The third-order valence-electron chi connectivity index (χ3n) is 1.47. The smallest absolute Gasteiger partial charge is 0.127 e. The Hall–Kier alpha value is -0.570. The Balaban J connectivity index is 2.89. The molecule has 66 valence electrons. The van der Waals surface area contributed by atoms with Gasteiger partial charge in [0.1, 0.15) is 11.6 Å². The van der Waals surface area contributed by atoms with Gasteiger partial charge in [0, 0.05) is 10.9 Å². The van der Waals surface area contributed by atoms with Crippen molar-refractivity contribution in [3.63, 3.8) is 0 Å². The molecule has 0 aliphatic carbocycles. The van der Waals surface area contributed by atoms with E-state index < -0.39 is 0 Å². The zero-order valence-electron chi connectivity index (χ0n) is 6.81. The second-order valence-corrected chi connectivity index (χ2v) is 2.88. The van der Waals surface area contributed by atoms with E-state index in [9.17, 15) is 4.39 Å². The minimum absolute atomic E-state index is 0.199. The highest BCUT2D eigenvalue weighted by Crippen LogP contribution is 2.18. The van der Waals surface area contributed by atoms with E-state index in [1.54, 1.807) is 12.1 Å². The molecular formula is C9H10BrFO. The van der Waals surface area contributed by atoms with E-state index >= 15 is 0 Å². The van der Waals surface area contributed by atoms with Gasteiger partial charge in [-0.3, -0.25) is 0 Å². The maximum atomic E-state index is 12.9. The molecule has 0 amide bonds. The third kappa shape index (κ3) is 2.21. The van der Waals surface area contributed by atoms with Gasteiger partial charge in [0.2, 0.25) is 0 Å². The first-order valence-electron chi connectivity index (χ1n) is 3.75. The molecule has 0 saturated heterocycles. The van der Waals surface area contributed by atoms with E-state index in [0.717, 1.165) is 0 Å². The van der Waals surface area contributed by atoms with Crippen LogP contribution in [0.3, 0.4) is 0 Å². The van der Waals surface area contributed by atoms with Gasteiger partial charge in [0.15, 0.2) is 0 Å². The Morgan fingerprint density at radius 3 is 2.83 bits per heavy atom. The van der Waals surface area contributed by atoms with Crippen LogP contribution in [0, 0.1) is 5.82 Å². The minimum atomic E-state index is -0.199. The van der Waals surface area contributed by atoms with Crippen molar-refractivity contribution in [1.82, 2.24) is 0 Å². The van der Waals surface area contributed by atoms with Crippen LogP contribution in [0.5, 0.6) is 5.75 Å². The molecule has 0 atom stereocenters. The number of ether oxygens (including phenoxy) is 1. The molecule has 0 N–H and O–H groups in total. The second kappa shape index (κ2) is 4.45. The summed E-state index contributed by atoms with van der Waals surface area (Å²) in [5, 5.41) is 0.514. The number of halogens is 2. The predicted molar refractivity (Wildman–Crippen MR) is 50.2 cm³/mol. The maximum Gasteiger partial charge on any atom is 0.127 e. The first-order valence-corrected chi connectivity index (χ1v) is 4.87. The number of rotatable bonds is 3. The number of hydrogen-bond acceptors (Lipinski definition) is 1. The summed E-state index contributed by atoms with van der Waals surface area (Å²) in [6, 6.07) is 4.75. The van der Waals surface area contributed by atoms with Gasteiger partial charge in [-0.15, -0.1) is 0 Å². The van der Waals surface area contributed by atoms with E-state index in [0.29, 0.717) is 23.2 Å². The van der Waals surface area contributed by atoms with Crippen molar-refractivity contribution in [2.45, 2.75) is 12.3 Å². The summed E-state index contributed by atoms with van der Waals surface area (Å²) in [4.78, 5) is 0. The Kier molecular flexibility index (Phi) is 3.53. The molecule has 0 spiro atoms. The monoisotopic (exact) mass is 232 g/mol. The molecular weight excluding hydrogens is 223 g/mol. The van der Waals surface area contributed by atoms with Crippen molar-refractivity contribution in [3.05, 3.63) is 29.6 Å².